The van der Waals surface area contributed by atoms with Crippen LogP contribution in [0.3, 0.4) is 0 Å². The molecule has 2 aromatic rings. The Hall–Kier alpha value is -3.69. The van der Waals surface area contributed by atoms with Gasteiger partial charge in [-0.2, -0.15) is 0 Å². The molecule has 28 heavy (non-hydrogen) atoms. The average molecular weight is 386 g/mol. The number of carbonyl (C=O) groups is 4. The standard InChI is InChI=1S/C18H18N4O6/c1-10-9-13(22-28-10)20-17(25)15(11-5-3-2-4-6-11)27-14(23)8-7-12-16(24)21-18(26)19-12/h2-6,9,12,15H,7-8H2,1H3,(H,20,22,25)(H2,19,21,24,26)/t12-,15+/m1/s1. The van der Waals surface area contributed by atoms with Crippen molar-refractivity contribution in [3.8, 4) is 0 Å². The maximum atomic E-state index is 12.6. The number of benzene rings is 1. The summed E-state index contributed by atoms with van der Waals surface area (Å²) >= 11 is 0. The fourth-order valence-electron chi connectivity index (χ4n) is 2.63. The Morgan fingerprint density at radius 3 is 2.64 bits per heavy atom. The van der Waals surface area contributed by atoms with Gasteiger partial charge in [0.05, 0.1) is 0 Å². The van der Waals surface area contributed by atoms with Crippen molar-refractivity contribution in [2.24, 2.45) is 0 Å². The van der Waals surface area contributed by atoms with Crippen molar-refractivity contribution in [2.45, 2.75) is 31.9 Å². The predicted molar refractivity (Wildman–Crippen MR) is 94.8 cm³/mol. The molecule has 3 N–H and O–H groups in total. The van der Waals surface area contributed by atoms with E-state index in [1.165, 1.54) is 6.07 Å². The molecule has 1 aliphatic rings. The predicted octanol–water partition coefficient (Wildman–Crippen LogP) is 1.19. The number of rotatable bonds is 7. The van der Waals surface area contributed by atoms with Crippen LogP contribution in [0.5, 0.6) is 0 Å². The Morgan fingerprint density at radius 1 is 1.29 bits per heavy atom. The number of aryl methyl sites for hydroxylation is 1. The fourth-order valence-corrected chi connectivity index (χ4v) is 2.63. The third-order valence-electron chi connectivity index (χ3n) is 3.96. The Morgan fingerprint density at radius 2 is 2.04 bits per heavy atom. The van der Waals surface area contributed by atoms with Gasteiger partial charge in [0.1, 0.15) is 11.8 Å². The molecule has 4 amide bonds. The summed E-state index contributed by atoms with van der Waals surface area (Å²) in [7, 11) is 0. The van der Waals surface area contributed by atoms with Crippen LogP contribution >= 0.6 is 0 Å². The maximum absolute atomic E-state index is 12.6. The van der Waals surface area contributed by atoms with Crippen LogP contribution in [0.2, 0.25) is 0 Å². The second kappa shape index (κ2) is 8.33. The van der Waals surface area contributed by atoms with Gasteiger partial charge in [-0.05, 0) is 13.3 Å². The van der Waals surface area contributed by atoms with Crippen molar-refractivity contribution in [1.29, 1.82) is 0 Å². The molecule has 0 saturated carbocycles. The van der Waals surface area contributed by atoms with Crippen molar-refractivity contribution in [3.63, 3.8) is 0 Å². The number of amides is 4. The molecule has 0 bridgehead atoms. The van der Waals surface area contributed by atoms with Crippen molar-refractivity contribution in [3.05, 3.63) is 47.7 Å². The summed E-state index contributed by atoms with van der Waals surface area (Å²) in [5.41, 5.74) is 0.473. The SMILES string of the molecule is Cc1cc(NC(=O)[C@@H](OC(=O)CC[C@H]2NC(=O)NC2=O)c2ccccc2)no1. The van der Waals surface area contributed by atoms with E-state index in [4.69, 9.17) is 9.26 Å². The molecule has 146 valence electrons. The van der Waals surface area contributed by atoms with E-state index in [-0.39, 0.29) is 18.7 Å². The third-order valence-corrected chi connectivity index (χ3v) is 3.96. The first kappa shape index (κ1) is 19.1. The van der Waals surface area contributed by atoms with Crippen LogP contribution in [0.15, 0.2) is 40.9 Å². The number of ether oxygens (including phenoxy) is 1. The van der Waals surface area contributed by atoms with Gasteiger partial charge in [0, 0.05) is 18.1 Å². The van der Waals surface area contributed by atoms with Gasteiger partial charge in [-0.3, -0.25) is 19.7 Å². The quantitative estimate of drug-likeness (QED) is 0.480. The molecule has 1 fully saturated rings. The van der Waals surface area contributed by atoms with Crippen molar-refractivity contribution in [1.82, 2.24) is 15.8 Å². The van der Waals surface area contributed by atoms with E-state index < -0.39 is 36.0 Å². The van der Waals surface area contributed by atoms with E-state index in [9.17, 15) is 19.2 Å². The molecule has 1 saturated heterocycles. The molecular formula is C18H18N4O6. The summed E-state index contributed by atoms with van der Waals surface area (Å²) in [6.45, 7) is 1.68. The first-order valence-corrected chi connectivity index (χ1v) is 8.52. The number of aromatic nitrogens is 1. The van der Waals surface area contributed by atoms with Crippen molar-refractivity contribution >= 4 is 29.6 Å². The molecule has 0 radical (unpaired) electrons. The summed E-state index contributed by atoms with van der Waals surface area (Å²) in [6.07, 6.45) is -1.31. The van der Waals surface area contributed by atoms with Gasteiger partial charge in [-0.25, -0.2) is 4.79 Å². The van der Waals surface area contributed by atoms with Crippen molar-refractivity contribution < 1.29 is 28.4 Å². The van der Waals surface area contributed by atoms with Gasteiger partial charge in [-0.15, -0.1) is 0 Å². The lowest BCUT2D eigenvalue weighted by Gasteiger charge is -2.17. The maximum Gasteiger partial charge on any atom is 0.322 e. The number of hydrogen-bond donors (Lipinski definition) is 3. The van der Waals surface area contributed by atoms with E-state index in [0.29, 0.717) is 11.3 Å². The van der Waals surface area contributed by atoms with Crippen LogP contribution in [-0.2, 0) is 19.1 Å². The lowest BCUT2D eigenvalue weighted by atomic mass is 10.1. The zero-order valence-electron chi connectivity index (χ0n) is 14.9. The van der Waals surface area contributed by atoms with Gasteiger partial charge < -0.3 is 19.9 Å². The zero-order valence-corrected chi connectivity index (χ0v) is 14.9. The van der Waals surface area contributed by atoms with Gasteiger partial charge in [0.25, 0.3) is 11.8 Å². The molecule has 10 nitrogen and oxygen atoms in total. The summed E-state index contributed by atoms with van der Waals surface area (Å²) < 4.78 is 10.2. The highest BCUT2D eigenvalue weighted by atomic mass is 16.5. The van der Waals surface area contributed by atoms with Gasteiger partial charge in [0.2, 0.25) is 6.10 Å². The highest BCUT2D eigenvalue weighted by Gasteiger charge is 2.31. The number of hydrogen-bond acceptors (Lipinski definition) is 7. The molecule has 1 aromatic heterocycles. The fraction of sp³-hybridized carbons (Fsp3) is 0.278. The van der Waals surface area contributed by atoms with Crippen LogP contribution in [0.25, 0.3) is 0 Å². The molecule has 0 spiro atoms. The summed E-state index contributed by atoms with van der Waals surface area (Å²) in [6, 6.07) is 8.61. The zero-order chi connectivity index (χ0) is 20.1. The Balaban J connectivity index is 1.65. The minimum Gasteiger partial charge on any atom is -0.447 e. The van der Waals surface area contributed by atoms with E-state index >= 15 is 0 Å². The second-order valence-corrected chi connectivity index (χ2v) is 6.15. The van der Waals surface area contributed by atoms with E-state index in [1.807, 2.05) is 0 Å². The number of nitrogens with zero attached hydrogens (tertiary/aromatic N) is 1. The minimum atomic E-state index is -1.21. The lowest BCUT2D eigenvalue weighted by Crippen LogP contribution is -2.30. The third kappa shape index (κ3) is 4.72. The largest absolute Gasteiger partial charge is 0.447 e. The van der Waals surface area contributed by atoms with Gasteiger partial charge in [-0.1, -0.05) is 35.5 Å². The van der Waals surface area contributed by atoms with Crippen molar-refractivity contribution in [2.75, 3.05) is 5.32 Å². The van der Waals surface area contributed by atoms with Crippen LogP contribution in [0.4, 0.5) is 10.6 Å². The summed E-state index contributed by atoms with van der Waals surface area (Å²) in [5, 5.41) is 10.7. The van der Waals surface area contributed by atoms with E-state index in [0.717, 1.165) is 0 Å². The van der Waals surface area contributed by atoms with Crippen LogP contribution in [0, 0.1) is 6.92 Å². The van der Waals surface area contributed by atoms with E-state index in [1.54, 1.807) is 37.3 Å². The van der Waals surface area contributed by atoms with Crippen LogP contribution < -0.4 is 16.0 Å². The Bertz CT molecular complexity index is 894. The monoisotopic (exact) mass is 386 g/mol. The smallest absolute Gasteiger partial charge is 0.322 e. The first-order chi connectivity index (χ1) is 13.4. The molecule has 1 aliphatic heterocycles. The number of nitrogens with one attached hydrogen (secondary N) is 3. The first-order valence-electron chi connectivity index (χ1n) is 8.52. The molecule has 1 aromatic carbocycles. The van der Waals surface area contributed by atoms with Gasteiger partial charge in [0.15, 0.2) is 5.82 Å². The minimum absolute atomic E-state index is 0.0576. The molecule has 2 heterocycles. The molecular weight excluding hydrogens is 368 g/mol. The molecule has 3 rings (SSSR count). The van der Waals surface area contributed by atoms with Crippen LogP contribution in [-0.4, -0.2) is 35.0 Å². The number of anilines is 1. The number of imide groups is 1. The molecule has 0 aliphatic carbocycles. The van der Waals surface area contributed by atoms with Gasteiger partial charge >= 0.3 is 12.0 Å². The molecule has 10 heteroatoms. The van der Waals surface area contributed by atoms with E-state index in [2.05, 4.69) is 21.1 Å². The molecule has 0 unspecified atom stereocenters. The average Bonchev–Trinajstić information content (AvgIpc) is 3.22. The Kier molecular flexibility index (Phi) is 5.68. The Labute approximate surface area is 159 Å². The highest BCUT2D eigenvalue weighted by Crippen LogP contribution is 2.21. The second-order valence-electron chi connectivity index (χ2n) is 6.15. The number of carbonyl (C=O) groups excluding carboxylic acids is 4. The number of urea groups is 1. The normalized spacial score (nSPS) is 16.8. The lowest BCUT2D eigenvalue weighted by molar-refractivity contribution is -0.155. The summed E-state index contributed by atoms with van der Waals surface area (Å²) in [4.78, 5) is 47.5. The molecule has 2 atom stereocenters. The van der Waals surface area contributed by atoms with Crippen LogP contribution in [0.1, 0.15) is 30.3 Å². The summed E-state index contributed by atoms with van der Waals surface area (Å²) in [5.74, 6) is -1.07. The number of esters is 1. The highest BCUT2D eigenvalue weighted by molar-refractivity contribution is 6.04. The topological polar surface area (TPSA) is 140 Å².